The average molecular weight is 494 g/mol. The van der Waals surface area contributed by atoms with Crippen molar-refractivity contribution in [2.45, 2.75) is 69.3 Å². The monoisotopic (exact) mass is 493 g/mol. The summed E-state index contributed by atoms with van der Waals surface area (Å²) in [5, 5.41) is 5.49. The topological polar surface area (TPSA) is 57.4 Å². The molecule has 0 aliphatic heterocycles. The summed E-state index contributed by atoms with van der Waals surface area (Å²) in [6.07, 6.45) is 4.74. The molecule has 9 heteroatoms. The van der Waals surface area contributed by atoms with Crippen LogP contribution in [0.25, 0.3) is 12.2 Å². The fourth-order valence-corrected chi connectivity index (χ4v) is 5.35. The van der Waals surface area contributed by atoms with E-state index in [9.17, 15) is 18.0 Å². The molecule has 0 saturated heterocycles. The highest BCUT2D eigenvalue weighted by atomic mass is 32.1. The SMILES string of the molecule is CCN(C(=O)c1cc2c([nH]1)=CCCC=2)C1CCC[C@@](S)(NCc2cccc(OC(F)(F)F)c2)C1. The van der Waals surface area contributed by atoms with E-state index < -0.39 is 11.2 Å². The fourth-order valence-electron chi connectivity index (χ4n) is 4.90. The molecule has 1 amide bonds. The Bertz CT molecular complexity index is 1110. The maximum atomic E-state index is 13.4. The minimum atomic E-state index is -4.72. The number of carbonyl (C=O) groups excluding carboxylic acids is 1. The van der Waals surface area contributed by atoms with Gasteiger partial charge >= 0.3 is 6.36 Å². The molecule has 4 rings (SSSR count). The normalized spacial score (nSPS) is 22.3. The molecule has 2 aliphatic carbocycles. The Hall–Kier alpha value is -2.39. The number of alkyl halides is 3. The Morgan fingerprint density at radius 2 is 2.09 bits per heavy atom. The molecular weight excluding hydrogens is 463 g/mol. The number of aromatic nitrogens is 1. The number of H-pyrrole nitrogens is 1. The van der Waals surface area contributed by atoms with E-state index in [2.05, 4.69) is 27.2 Å². The van der Waals surface area contributed by atoms with Crippen molar-refractivity contribution in [3.05, 3.63) is 52.2 Å². The fraction of sp³-hybridized carbons (Fsp3) is 0.480. The molecule has 2 atom stereocenters. The van der Waals surface area contributed by atoms with Crippen LogP contribution in [0.2, 0.25) is 0 Å². The van der Waals surface area contributed by atoms with Gasteiger partial charge in [0.15, 0.2) is 0 Å². The van der Waals surface area contributed by atoms with E-state index in [1.807, 2.05) is 17.9 Å². The number of rotatable bonds is 7. The molecule has 2 aromatic rings. The number of hydrogen-bond acceptors (Lipinski definition) is 4. The molecule has 34 heavy (non-hydrogen) atoms. The lowest BCUT2D eigenvalue weighted by Gasteiger charge is -2.42. The van der Waals surface area contributed by atoms with Crippen LogP contribution in [0.15, 0.2) is 30.3 Å². The summed E-state index contributed by atoms with van der Waals surface area (Å²) in [6.45, 7) is 2.91. The Kier molecular flexibility index (Phi) is 7.33. The van der Waals surface area contributed by atoms with E-state index in [1.54, 1.807) is 6.07 Å². The van der Waals surface area contributed by atoms with Crippen molar-refractivity contribution in [2.75, 3.05) is 6.54 Å². The highest BCUT2D eigenvalue weighted by molar-refractivity contribution is 7.81. The van der Waals surface area contributed by atoms with Crippen molar-refractivity contribution in [1.29, 1.82) is 0 Å². The van der Waals surface area contributed by atoms with Crippen molar-refractivity contribution in [3.63, 3.8) is 0 Å². The standard InChI is InChI=1S/C25H30F3N3O2S/c1-2-31(23(32)22-14-18-8-3-4-11-21(18)30-22)19-9-6-12-24(34,15-19)29-16-17-7-5-10-20(13-17)33-25(26,27)28/h5,7-8,10-11,13-14,19,29-30,34H,2-4,6,9,12,15-16H2,1H3/t19?,24-/m0/s1. The number of nitrogens with zero attached hydrogens (tertiary/aromatic N) is 1. The first-order valence-electron chi connectivity index (χ1n) is 11.7. The molecule has 2 N–H and O–H groups in total. The molecule has 1 heterocycles. The average Bonchev–Trinajstić information content (AvgIpc) is 3.22. The van der Waals surface area contributed by atoms with Crippen molar-refractivity contribution < 1.29 is 22.7 Å². The number of carbonyl (C=O) groups is 1. The molecular formula is C25H30F3N3O2S. The summed E-state index contributed by atoms with van der Waals surface area (Å²) in [5.41, 5.74) is 1.27. The van der Waals surface area contributed by atoms with Crippen LogP contribution in [0.4, 0.5) is 13.2 Å². The molecule has 1 aromatic heterocycles. The van der Waals surface area contributed by atoms with Gasteiger partial charge in [-0.1, -0.05) is 24.3 Å². The maximum absolute atomic E-state index is 13.4. The molecule has 184 valence electrons. The zero-order valence-corrected chi connectivity index (χ0v) is 20.0. The molecule has 2 aliphatic rings. The summed E-state index contributed by atoms with van der Waals surface area (Å²) in [6, 6.07) is 7.89. The summed E-state index contributed by atoms with van der Waals surface area (Å²) >= 11 is 4.90. The van der Waals surface area contributed by atoms with Gasteiger partial charge in [-0.15, -0.1) is 13.2 Å². The number of thiol groups is 1. The largest absolute Gasteiger partial charge is 0.573 e. The molecule has 5 nitrogen and oxygen atoms in total. The van der Waals surface area contributed by atoms with E-state index in [0.29, 0.717) is 30.8 Å². The number of halogens is 3. The Morgan fingerprint density at radius 3 is 2.82 bits per heavy atom. The van der Waals surface area contributed by atoms with Crippen molar-refractivity contribution in [3.8, 4) is 5.75 Å². The van der Waals surface area contributed by atoms with E-state index in [0.717, 1.165) is 42.7 Å². The lowest BCUT2D eigenvalue weighted by Crippen LogP contribution is -2.51. The number of benzene rings is 1. The molecule has 0 spiro atoms. The Morgan fingerprint density at radius 1 is 1.29 bits per heavy atom. The van der Waals surface area contributed by atoms with Gasteiger partial charge in [0.2, 0.25) is 0 Å². The quantitative estimate of drug-likeness (QED) is 0.402. The minimum absolute atomic E-state index is 0.0155. The van der Waals surface area contributed by atoms with Gasteiger partial charge in [0.05, 0.1) is 4.87 Å². The lowest BCUT2D eigenvalue weighted by atomic mass is 9.88. The highest BCUT2D eigenvalue weighted by Gasteiger charge is 2.37. The summed E-state index contributed by atoms with van der Waals surface area (Å²) in [4.78, 5) is 18.0. The smallest absolute Gasteiger partial charge is 0.406 e. The molecule has 0 radical (unpaired) electrons. The number of amides is 1. The summed E-state index contributed by atoms with van der Waals surface area (Å²) < 4.78 is 41.6. The van der Waals surface area contributed by atoms with Gasteiger partial charge in [-0.2, -0.15) is 12.6 Å². The number of fused-ring (bicyclic) bond motifs is 1. The minimum Gasteiger partial charge on any atom is -0.406 e. The van der Waals surface area contributed by atoms with Gasteiger partial charge in [-0.25, -0.2) is 0 Å². The zero-order chi connectivity index (χ0) is 24.3. The van der Waals surface area contributed by atoms with Gasteiger partial charge in [-0.3, -0.25) is 10.1 Å². The number of ether oxygens (including phenoxy) is 1. The van der Waals surface area contributed by atoms with Crippen LogP contribution in [-0.4, -0.2) is 39.6 Å². The first kappa shape index (κ1) is 24.7. The first-order valence-corrected chi connectivity index (χ1v) is 12.1. The van der Waals surface area contributed by atoms with Crippen LogP contribution >= 0.6 is 12.6 Å². The van der Waals surface area contributed by atoms with Crippen LogP contribution in [0.1, 0.15) is 61.5 Å². The Balaban J connectivity index is 1.43. The summed E-state index contributed by atoms with van der Waals surface area (Å²) in [7, 11) is 0. The van der Waals surface area contributed by atoms with Crippen molar-refractivity contribution >= 4 is 30.7 Å². The molecule has 0 bridgehead atoms. The number of nitrogens with one attached hydrogen (secondary N) is 2. The maximum Gasteiger partial charge on any atom is 0.573 e. The highest BCUT2D eigenvalue weighted by Crippen LogP contribution is 2.35. The second-order valence-electron chi connectivity index (χ2n) is 8.96. The van der Waals surface area contributed by atoms with Crippen molar-refractivity contribution in [2.24, 2.45) is 0 Å². The van der Waals surface area contributed by atoms with Gasteiger partial charge in [0, 0.05) is 24.5 Å². The van der Waals surface area contributed by atoms with Gasteiger partial charge < -0.3 is 14.6 Å². The van der Waals surface area contributed by atoms with Gasteiger partial charge in [0.25, 0.3) is 5.91 Å². The third-order valence-electron chi connectivity index (χ3n) is 6.49. The number of aromatic amines is 1. The van der Waals surface area contributed by atoms with Crippen molar-refractivity contribution in [1.82, 2.24) is 15.2 Å². The zero-order valence-electron chi connectivity index (χ0n) is 19.1. The van der Waals surface area contributed by atoms with E-state index in [1.165, 1.54) is 18.2 Å². The predicted molar refractivity (Wildman–Crippen MR) is 129 cm³/mol. The van der Waals surface area contributed by atoms with Crippen LogP contribution in [0, 0.1) is 0 Å². The van der Waals surface area contributed by atoms with E-state index in [-0.39, 0.29) is 17.7 Å². The second kappa shape index (κ2) is 10.1. The second-order valence-corrected chi connectivity index (χ2v) is 9.82. The van der Waals surface area contributed by atoms with Gasteiger partial charge in [-0.05, 0) is 74.4 Å². The van der Waals surface area contributed by atoms with Crippen LogP contribution in [0.5, 0.6) is 5.75 Å². The van der Waals surface area contributed by atoms with Gasteiger partial charge in [0.1, 0.15) is 11.4 Å². The molecule has 1 saturated carbocycles. The molecule has 1 unspecified atom stereocenters. The van der Waals surface area contributed by atoms with Crippen LogP contribution < -0.4 is 20.6 Å². The Labute approximate surface area is 202 Å². The van der Waals surface area contributed by atoms with Crippen LogP contribution in [0.3, 0.4) is 0 Å². The first-order chi connectivity index (χ1) is 16.2. The van der Waals surface area contributed by atoms with Crippen LogP contribution in [-0.2, 0) is 6.54 Å². The molecule has 1 aromatic carbocycles. The third kappa shape index (κ3) is 5.99. The molecule has 1 fully saturated rings. The van der Waals surface area contributed by atoms with E-state index in [4.69, 9.17) is 12.6 Å². The predicted octanol–water partition coefficient (Wildman–Crippen LogP) is 4.09. The number of hydrogen-bond donors (Lipinski definition) is 3. The summed E-state index contributed by atoms with van der Waals surface area (Å²) in [5.74, 6) is -0.259. The lowest BCUT2D eigenvalue weighted by molar-refractivity contribution is -0.274. The van der Waals surface area contributed by atoms with E-state index >= 15 is 0 Å². The third-order valence-corrected chi connectivity index (χ3v) is 7.05.